The van der Waals surface area contributed by atoms with Crippen LogP contribution < -0.4 is 5.32 Å². The van der Waals surface area contributed by atoms with Crippen molar-refractivity contribution in [3.63, 3.8) is 0 Å². The lowest BCUT2D eigenvalue weighted by Gasteiger charge is -2.37. The SMILES string of the molecule is Cc1cccc(C2c3cccn3CCN2C(=O)Nc2ccc(C)cc2C)c1. The molecule has 1 atom stereocenters. The molecule has 1 N–H and O–H groups in total. The van der Waals surface area contributed by atoms with Gasteiger partial charge in [0.15, 0.2) is 0 Å². The minimum atomic E-state index is -0.0839. The van der Waals surface area contributed by atoms with Crippen LogP contribution in [0.5, 0.6) is 0 Å². The van der Waals surface area contributed by atoms with Crippen LogP contribution in [-0.4, -0.2) is 22.0 Å². The van der Waals surface area contributed by atoms with Gasteiger partial charge in [-0.05, 0) is 50.1 Å². The molecule has 0 saturated heterocycles. The Labute approximate surface area is 160 Å². The zero-order valence-electron chi connectivity index (χ0n) is 16.1. The molecule has 4 rings (SSSR count). The van der Waals surface area contributed by atoms with Crippen molar-refractivity contribution in [1.29, 1.82) is 0 Å². The molecule has 1 aliphatic heterocycles. The van der Waals surface area contributed by atoms with E-state index in [-0.39, 0.29) is 12.1 Å². The van der Waals surface area contributed by atoms with Crippen molar-refractivity contribution in [3.05, 3.63) is 88.7 Å². The Morgan fingerprint density at radius 3 is 2.56 bits per heavy atom. The highest BCUT2D eigenvalue weighted by atomic mass is 16.2. The maximum atomic E-state index is 13.2. The Kier molecular flexibility index (Phi) is 4.48. The lowest BCUT2D eigenvalue weighted by molar-refractivity contribution is 0.182. The van der Waals surface area contributed by atoms with Crippen LogP contribution in [0.3, 0.4) is 0 Å². The number of aromatic nitrogens is 1. The highest BCUT2D eigenvalue weighted by Crippen LogP contribution is 2.33. The Hall–Kier alpha value is -3.01. The molecule has 0 bridgehead atoms. The van der Waals surface area contributed by atoms with E-state index in [9.17, 15) is 4.79 Å². The highest BCUT2D eigenvalue weighted by molar-refractivity contribution is 5.90. The fraction of sp³-hybridized carbons (Fsp3) is 0.261. The van der Waals surface area contributed by atoms with Crippen molar-refractivity contribution in [3.8, 4) is 0 Å². The van der Waals surface area contributed by atoms with Gasteiger partial charge in [0.05, 0.1) is 6.04 Å². The predicted octanol–water partition coefficient (Wildman–Crippen LogP) is 5.05. The van der Waals surface area contributed by atoms with E-state index in [1.807, 2.05) is 24.0 Å². The van der Waals surface area contributed by atoms with E-state index in [0.717, 1.165) is 29.1 Å². The molecule has 138 valence electrons. The molecule has 3 aromatic rings. The number of amides is 2. The second-order valence-corrected chi connectivity index (χ2v) is 7.39. The monoisotopic (exact) mass is 359 g/mol. The lowest BCUT2D eigenvalue weighted by atomic mass is 9.98. The molecular formula is C23H25N3O. The number of benzene rings is 2. The van der Waals surface area contributed by atoms with Gasteiger partial charge in [-0.3, -0.25) is 0 Å². The molecule has 1 unspecified atom stereocenters. The van der Waals surface area contributed by atoms with E-state index < -0.39 is 0 Å². The smallest absolute Gasteiger partial charge is 0.322 e. The van der Waals surface area contributed by atoms with E-state index in [4.69, 9.17) is 0 Å². The summed E-state index contributed by atoms with van der Waals surface area (Å²) in [6, 6.07) is 18.6. The van der Waals surface area contributed by atoms with Gasteiger partial charge >= 0.3 is 6.03 Å². The minimum absolute atomic E-state index is 0.0547. The summed E-state index contributed by atoms with van der Waals surface area (Å²) < 4.78 is 2.24. The molecule has 0 spiro atoms. The third kappa shape index (κ3) is 3.35. The van der Waals surface area contributed by atoms with E-state index in [2.05, 4.69) is 72.4 Å². The van der Waals surface area contributed by atoms with Crippen LogP contribution in [0.2, 0.25) is 0 Å². The van der Waals surface area contributed by atoms with Crippen molar-refractivity contribution in [2.75, 3.05) is 11.9 Å². The molecule has 0 saturated carbocycles. The number of rotatable bonds is 2. The average Bonchev–Trinajstić information content (AvgIpc) is 3.12. The van der Waals surface area contributed by atoms with Gasteiger partial charge in [-0.1, -0.05) is 47.5 Å². The molecule has 0 radical (unpaired) electrons. The number of aryl methyl sites for hydroxylation is 3. The number of carbonyl (C=O) groups excluding carboxylic acids is 1. The second-order valence-electron chi connectivity index (χ2n) is 7.39. The second kappa shape index (κ2) is 6.95. The van der Waals surface area contributed by atoms with Crippen molar-refractivity contribution in [2.45, 2.75) is 33.4 Å². The number of fused-ring (bicyclic) bond motifs is 1. The number of anilines is 1. The topological polar surface area (TPSA) is 37.3 Å². The maximum absolute atomic E-state index is 13.2. The van der Waals surface area contributed by atoms with Gasteiger partial charge in [0.1, 0.15) is 0 Å². The van der Waals surface area contributed by atoms with Crippen LogP contribution in [0.1, 0.15) is 34.0 Å². The predicted molar refractivity (Wildman–Crippen MR) is 109 cm³/mol. The van der Waals surface area contributed by atoms with Gasteiger partial charge in [-0.25, -0.2) is 4.79 Å². The van der Waals surface area contributed by atoms with Crippen LogP contribution in [-0.2, 0) is 6.54 Å². The molecule has 2 aromatic carbocycles. The minimum Gasteiger partial charge on any atom is -0.348 e. The number of carbonyl (C=O) groups is 1. The fourth-order valence-electron chi connectivity index (χ4n) is 3.93. The standard InChI is InChI=1S/C23H25N3O/c1-16-6-4-7-19(15-16)22-21-8-5-11-25(21)12-13-26(22)23(27)24-20-10-9-17(2)14-18(20)3/h4-11,14-15,22H,12-13H2,1-3H3,(H,24,27). The summed E-state index contributed by atoms with van der Waals surface area (Å²) in [7, 11) is 0. The van der Waals surface area contributed by atoms with E-state index in [0.29, 0.717) is 6.54 Å². The van der Waals surface area contributed by atoms with Gasteiger partial charge in [0.2, 0.25) is 0 Å². The number of hydrogen-bond donors (Lipinski definition) is 1. The number of urea groups is 1. The van der Waals surface area contributed by atoms with E-state index in [1.165, 1.54) is 11.1 Å². The summed E-state index contributed by atoms with van der Waals surface area (Å²) in [6.45, 7) is 7.67. The largest absolute Gasteiger partial charge is 0.348 e. The Morgan fingerprint density at radius 2 is 1.78 bits per heavy atom. The van der Waals surface area contributed by atoms with Gasteiger partial charge in [-0.2, -0.15) is 0 Å². The van der Waals surface area contributed by atoms with Gasteiger partial charge in [-0.15, -0.1) is 0 Å². The van der Waals surface area contributed by atoms with Crippen LogP contribution >= 0.6 is 0 Å². The molecule has 2 amide bonds. The first kappa shape index (κ1) is 17.4. The van der Waals surface area contributed by atoms with Gasteiger partial charge in [0, 0.05) is 30.7 Å². The van der Waals surface area contributed by atoms with E-state index in [1.54, 1.807) is 0 Å². The van der Waals surface area contributed by atoms with Crippen LogP contribution in [0.15, 0.2) is 60.8 Å². The number of nitrogens with one attached hydrogen (secondary N) is 1. The first-order chi connectivity index (χ1) is 13.0. The summed E-state index contributed by atoms with van der Waals surface area (Å²) in [6.07, 6.45) is 2.09. The zero-order valence-corrected chi connectivity index (χ0v) is 16.1. The molecule has 4 heteroatoms. The quantitative estimate of drug-likeness (QED) is 0.683. The zero-order chi connectivity index (χ0) is 19.0. The molecule has 0 fully saturated rings. The Bertz CT molecular complexity index is 989. The van der Waals surface area contributed by atoms with Crippen LogP contribution in [0.25, 0.3) is 0 Å². The molecular weight excluding hydrogens is 334 g/mol. The number of nitrogens with zero attached hydrogens (tertiary/aromatic N) is 2. The fourth-order valence-corrected chi connectivity index (χ4v) is 3.93. The molecule has 27 heavy (non-hydrogen) atoms. The third-order valence-corrected chi connectivity index (χ3v) is 5.28. The lowest BCUT2D eigenvalue weighted by Crippen LogP contribution is -2.44. The third-order valence-electron chi connectivity index (χ3n) is 5.28. The van der Waals surface area contributed by atoms with Gasteiger partial charge in [0.25, 0.3) is 0 Å². The van der Waals surface area contributed by atoms with Gasteiger partial charge < -0.3 is 14.8 Å². The highest BCUT2D eigenvalue weighted by Gasteiger charge is 2.32. The van der Waals surface area contributed by atoms with Crippen molar-refractivity contribution >= 4 is 11.7 Å². The Morgan fingerprint density at radius 1 is 0.963 bits per heavy atom. The first-order valence-corrected chi connectivity index (χ1v) is 9.39. The summed E-state index contributed by atoms with van der Waals surface area (Å²) >= 11 is 0. The summed E-state index contributed by atoms with van der Waals surface area (Å²) in [5.41, 5.74) is 6.64. The van der Waals surface area contributed by atoms with Crippen molar-refractivity contribution in [2.24, 2.45) is 0 Å². The summed E-state index contributed by atoms with van der Waals surface area (Å²) in [5.74, 6) is 0. The van der Waals surface area contributed by atoms with Crippen LogP contribution in [0.4, 0.5) is 10.5 Å². The maximum Gasteiger partial charge on any atom is 0.322 e. The number of hydrogen-bond acceptors (Lipinski definition) is 1. The average molecular weight is 359 g/mol. The molecule has 0 aliphatic carbocycles. The molecule has 1 aromatic heterocycles. The summed E-state index contributed by atoms with van der Waals surface area (Å²) in [5, 5.41) is 3.12. The Balaban J connectivity index is 1.68. The molecule has 2 heterocycles. The first-order valence-electron chi connectivity index (χ1n) is 9.39. The van der Waals surface area contributed by atoms with Crippen molar-refractivity contribution in [1.82, 2.24) is 9.47 Å². The van der Waals surface area contributed by atoms with Crippen LogP contribution in [0, 0.1) is 20.8 Å². The molecule has 4 nitrogen and oxygen atoms in total. The molecule has 1 aliphatic rings. The normalized spacial score (nSPS) is 16.1. The summed E-state index contributed by atoms with van der Waals surface area (Å²) in [4.78, 5) is 15.2. The van der Waals surface area contributed by atoms with E-state index >= 15 is 0 Å². The van der Waals surface area contributed by atoms with Crippen molar-refractivity contribution < 1.29 is 4.79 Å².